The molecular weight excluding hydrogens is 522 g/mol. The van der Waals surface area contributed by atoms with E-state index < -0.39 is 17.8 Å². The Kier molecular flexibility index (Phi) is 8.43. The topological polar surface area (TPSA) is 115 Å². The molecule has 0 radical (unpaired) electrons. The first-order valence-corrected chi connectivity index (χ1v) is 12.1. The molecule has 0 unspecified atom stereocenters. The summed E-state index contributed by atoms with van der Waals surface area (Å²) in [7, 11) is 2.97. The van der Waals surface area contributed by atoms with Crippen molar-refractivity contribution in [3.63, 3.8) is 0 Å². The summed E-state index contributed by atoms with van der Waals surface area (Å²) < 4.78 is 16.2. The molecule has 2 amide bonds. The average molecular weight is 546 g/mol. The lowest BCUT2D eigenvalue weighted by Gasteiger charge is -2.12. The number of carbonyl (C=O) groups is 3. The van der Waals surface area contributed by atoms with Gasteiger partial charge < -0.3 is 19.5 Å². The van der Waals surface area contributed by atoms with Gasteiger partial charge in [0.05, 0.1) is 26.0 Å². The van der Waals surface area contributed by atoms with Crippen molar-refractivity contribution in [3.05, 3.63) is 94.5 Å². The Morgan fingerprint density at radius 2 is 1.59 bits per heavy atom. The predicted molar refractivity (Wildman–Crippen MR) is 149 cm³/mol. The Labute approximate surface area is 229 Å². The summed E-state index contributed by atoms with van der Waals surface area (Å²) in [6.45, 7) is 1.72. The van der Waals surface area contributed by atoms with Crippen LogP contribution in [0.2, 0.25) is 5.02 Å². The van der Waals surface area contributed by atoms with Crippen LogP contribution in [0.1, 0.15) is 21.5 Å². The van der Waals surface area contributed by atoms with Crippen molar-refractivity contribution in [2.24, 2.45) is 5.10 Å². The first-order chi connectivity index (χ1) is 18.8. The maximum atomic E-state index is 13.0. The second-order valence-corrected chi connectivity index (χ2v) is 8.63. The summed E-state index contributed by atoms with van der Waals surface area (Å²) in [6, 6.07) is 20.4. The van der Waals surface area contributed by atoms with Crippen molar-refractivity contribution in [1.82, 2.24) is 5.43 Å². The molecule has 39 heavy (non-hydrogen) atoms. The number of hydrogen-bond donors (Lipinski definition) is 2. The number of carbonyl (C=O) groups excluding carboxylic acids is 3. The Balaban J connectivity index is 1.56. The van der Waals surface area contributed by atoms with Gasteiger partial charge in [-0.25, -0.2) is 10.2 Å². The smallest absolute Gasteiger partial charge is 0.343 e. The van der Waals surface area contributed by atoms with Crippen LogP contribution in [0.4, 0.5) is 5.69 Å². The van der Waals surface area contributed by atoms with E-state index in [1.165, 1.54) is 26.5 Å². The molecule has 0 fully saturated rings. The van der Waals surface area contributed by atoms with Crippen LogP contribution in [-0.2, 0) is 9.59 Å². The minimum absolute atomic E-state index is 0.200. The van der Waals surface area contributed by atoms with Crippen LogP contribution in [0.3, 0.4) is 0 Å². The second kappa shape index (κ2) is 12.1. The molecular formula is C29H24ClN3O6. The lowest BCUT2D eigenvalue weighted by Crippen LogP contribution is -2.32. The van der Waals surface area contributed by atoms with Crippen molar-refractivity contribution in [2.75, 3.05) is 19.5 Å². The van der Waals surface area contributed by atoms with E-state index in [1.54, 1.807) is 49.4 Å². The van der Waals surface area contributed by atoms with E-state index in [1.807, 2.05) is 24.3 Å². The molecule has 0 heterocycles. The fourth-order valence-electron chi connectivity index (χ4n) is 3.75. The fourth-order valence-corrected chi connectivity index (χ4v) is 3.92. The number of methoxy groups -OCH3 is 2. The van der Waals surface area contributed by atoms with Gasteiger partial charge in [0.25, 0.3) is 0 Å². The van der Waals surface area contributed by atoms with Gasteiger partial charge in [0.1, 0.15) is 5.75 Å². The summed E-state index contributed by atoms with van der Waals surface area (Å²) in [4.78, 5) is 37.7. The maximum Gasteiger partial charge on any atom is 0.343 e. The van der Waals surface area contributed by atoms with Crippen LogP contribution < -0.4 is 25.0 Å². The molecule has 4 rings (SSSR count). The lowest BCUT2D eigenvalue weighted by atomic mass is 10.0. The van der Waals surface area contributed by atoms with Crippen LogP contribution in [-0.4, -0.2) is 38.2 Å². The number of nitrogens with one attached hydrogen (secondary N) is 2. The highest BCUT2D eigenvalue weighted by molar-refractivity contribution is 6.40. The Morgan fingerprint density at radius 3 is 2.36 bits per heavy atom. The average Bonchev–Trinajstić information content (AvgIpc) is 2.95. The highest BCUT2D eigenvalue weighted by Crippen LogP contribution is 2.30. The fraction of sp³-hybridized carbons (Fsp3) is 0.103. The maximum absolute atomic E-state index is 13.0. The van der Waals surface area contributed by atoms with Crippen LogP contribution in [0.15, 0.2) is 77.9 Å². The zero-order valence-corrected chi connectivity index (χ0v) is 22.0. The van der Waals surface area contributed by atoms with Crippen molar-refractivity contribution in [2.45, 2.75) is 6.92 Å². The third-order valence-electron chi connectivity index (χ3n) is 5.83. The van der Waals surface area contributed by atoms with E-state index in [9.17, 15) is 14.4 Å². The monoisotopic (exact) mass is 545 g/mol. The zero-order valence-electron chi connectivity index (χ0n) is 21.3. The predicted octanol–water partition coefficient (Wildman–Crippen LogP) is 5.13. The number of halogens is 1. The first-order valence-electron chi connectivity index (χ1n) is 11.7. The molecule has 0 spiro atoms. The second-order valence-electron chi connectivity index (χ2n) is 8.22. The lowest BCUT2D eigenvalue weighted by molar-refractivity contribution is -0.136. The number of fused-ring (bicyclic) bond motifs is 1. The Bertz CT molecular complexity index is 1600. The van der Waals surface area contributed by atoms with Crippen LogP contribution >= 0.6 is 11.6 Å². The van der Waals surface area contributed by atoms with Gasteiger partial charge in [-0.3, -0.25) is 9.59 Å². The van der Waals surface area contributed by atoms with Gasteiger partial charge in [-0.2, -0.15) is 5.10 Å². The van der Waals surface area contributed by atoms with E-state index in [0.29, 0.717) is 38.7 Å². The largest absolute Gasteiger partial charge is 0.493 e. The first kappa shape index (κ1) is 27.2. The molecule has 9 nitrogen and oxygen atoms in total. The van der Waals surface area contributed by atoms with E-state index >= 15 is 0 Å². The minimum atomic E-state index is -0.991. The van der Waals surface area contributed by atoms with Gasteiger partial charge in [-0.1, -0.05) is 48.0 Å². The summed E-state index contributed by atoms with van der Waals surface area (Å²) in [6.07, 6.45) is 1.31. The van der Waals surface area contributed by atoms with Gasteiger partial charge in [0, 0.05) is 16.3 Å². The van der Waals surface area contributed by atoms with Crippen molar-refractivity contribution < 1.29 is 28.6 Å². The van der Waals surface area contributed by atoms with E-state index in [4.69, 9.17) is 25.8 Å². The quantitative estimate of drug-likeness (QED) is 0.109. The van der Waals surface area contributed by atoms with Gasteiger partial charge in [-0.05, 0) is 59.7 Å². The zero-order chi connectivity index (χ0) is 27.9. The summed E-state index contributed by atoms with van der Waals surface area (Å²) >= 11 is 6.07. The number of hydrazone groups is 1. The number of esters is 1. The van der Waals surface area contributed by atoms with E-state index in [-0.39, 0.29) is 11.3 Å². The number of benzene rings is 4. The third kappa shape index (κ3) is 6.16. The van der Waals surface area contributed by atoms with Crippen molar-refractivity contribution in [1.29, 1.82) is 0 Å². The molecule has 0 aliphatic heterocycles. The van der Waals surface area contributed by atoms with E-state index in [0.717, 1.165) is 5.39 Å². The number of anilines is 1. The van der Waals surface area contributed by atoms with Gasteiger partial charge in [-0.15, -0.1) is 0 Å². The number of nitrogens with zero attached hydrogens (tertiary/aromatic N) is 1. The van der Waals surface area contributed by atoms with Crippen LogP contribution in [0, 0.1) is 6.92 Å². The SMILES string of the molecule is COc1ccc(C(=O)Oc2ccc3ccccc3c2/C=N/NC(=O)C(=O)Nc2cccc(Cl)c2C)cc1OC. The molecule has 4 aromatic rings. The number of ether oxygens (including phenoxy) is 3. The molecule has 2 N–H and O–H groups in total. The Morgan fingerprint density at radius 1 is 0.846 bits per heavy atom. The van der Waals surface area contributed by atoms with E-state index in [2.05, 4.69) is 15.8 Å². The summed E-state index contributed by atoms with van der Waals surface area (Å²) in [5, 5.41) is 8.47. The highest BCUT2D eigenvalue weighted by atomic mass is 35.5. The molecule has 198 valence electrons. The molecule has 0 aromatic heterocycles. The number of rotatable bonds is 7. The standard InChI is InChI=1S/C29H24ClN3O6/c1-17-22(30)9-6-10-23(17)32-27(34)28(35)33-31-16-21-20-8-5-4-7-18(20)11-13-24(21)39-29(36)19-12-14-25(37-2)26(15-19)38-3/h4-16H,1-3H3,(H,32,34)(H,33,35)/b31-16+. The molecule has 0 saturated heterocycles. The molecule has 10 heteroatoms. The van der Waals surface area contributed by atoms with Crippen molar-refractivity contribution >= 4 is 52.1 Å². The normalized spacial score (nSPS) is 10.8. The molecule has 0 aliphatic carbocycles. The van der Waals surface area contributed by atoms with Crippen LogP contribution in [0.25, 0.3) is 10.8 Å². The number of amides is 2. The molecule has 0 bridgehead atoms. The minimum Gasteiger partial charge on any atom is -0.493 e. The van der Waals surface area contributed by atoms with Crippen molar-refractivity contribution in [3.8, 4) is 17.2 Å². The van der Waals surface area contributed by atoms with Crippen LogP contribution in [0.5, 0.6) is 17.2 Å². The molecule has 0 atom stereocenters. The van der Waals surface area contributed by atoms with Gasteiger partial charge >= 0.3 is 17.8 Å². The number of hydrogen-bond acceptors (Lipinski definition) is 7. The van der Waals surface area contributed by atoms with Gasteiger partial charge in [0.2, 0.25) is 0 Å². The third-order valence-corrected chi connectivity index (χ3v) is 6.24. The van der Waals surface area contributed by atoms with Gasteiger partial charge in [0.15, 0.2) is 11.5 Å². The summed E-state index contributed by atoms with van der Waals surface area (Å²) in [5.41, 5.74) is 3.90. The summed E-state index contributed by atoms with van der Waals surface area (Å²) in [5.74, 6) is -1.50. The Hall–Kier alpha value is -4.89. The highest BCUT2D eigenvalue weighted by Gasteiger charge is 2.17. The molecule has 4 aromatic carbocycles. The molecule has 0 saturated carbocycles. The molecule has 0 aliphatic rings.